The van der Waals surface area contributed by atoms with E-state index in [-0.39, 0.29) is 17.5 Å². The highest BCUT2D eigenvalue weighted by molar-refractivity contribution is 6.73. The predicted molar refractivity (Wildman–Crippen MR) is 166 cm³/mol. The van der Waals surface area contributed by atoms with Gasteiger partial charge < -0.3 is 9.55 Å². The average molecular weight is 517 g/mol. The molecule has 2 nitrogen and oxygen atoms in total. The Hall–Kier alpha value is -4.24. The van der Waals surface area contributed by atoms with E-state index < -0.39 is 5.41 Å². The van der Waals surface area contributed by atoms with Crippen LogP contribution in [0.4, 0.5) is 17.1 Å². The first-order chi connectivity index (χ1) is 19.4. The SMILES string of the molecule is CC1(C)B(Oc2ccc3c(c2)C2(c4ccccc4-3)c3ccccc3N(c3ccccc3)c3ccccc32)C1(C)C. The largest absolute Gasteiger partial charge is 0.560 e. The summed E-state index contributed by atoms with van der Waals surface area (Å²) in [6.07, 6.45) is 0. The van der Waals surface area contributed by atoms with Crippen molar-refractivity contribution in [2.75, 3.05) is 4.90 Å². The van der Waals surface area contributed by atoms with E-state index in [4.69, 9.17) is 4.65 Å². The summed E-state index contributed by atoms with van der Waals surface area (Å²) < 4.78 is 6.77. The maximum Gasteiger partial charge on any atom is 0.369 e. The van der Waals surface area contributed by atoms with Crippen LogP contribution in [0.15, 0.2) is 121 Å². The van der Waals surface area contributed by atoms with Gasteiger partial charge in [-0.2, -0.15) is 0 Å². The molecule has 1 fully saturated rings. The van der Waals surface area contributed by atoms with E-state index in [0.717, 1.165) is 5.75 Å². The zero-order valence-corrected chi connectivity index (χ0v) is 23.5. The van der Waals surface area contributed by atoms with Crippen LogP contribution in [0, 0.1) is 0 Å². The van der Waals surface area contributed by atoms with Crippen LogP contribution < -0.4 is 9.55 Å². The van der Waals surface area contributed by atoms with Gasteiger partial charge in [0.1, 0.15) is 0 Å². The van der Waals surface area contributed by atoms with Crippen molar-refractivity contribution in [3.63, 3.8) is 0 Å². The molecule has 5 aromatic rings. The molecule has 1 saturated heterocycles. The molecule has 1 spiro atoms. The molecule has 5 aromatic carbocycles. The van der Waals surface area contributed by atoms with Crippen LogP contribution in [0.5, 0.6) is 5.75 Å². The highest BCUT2D eigenvalue weighted by Crippen LogP contribution is 2.74. The number of anilines is 3. The summed E-state index contributed by atoms with van der Waals surface area (Å²) >= 11 is 0. The average Bonchev–Trinajstić information content (AvgIpc) is 3.22. The Morgan fingerprint density at radius 3 is 1.68 bits per heavy atom. The maximum absolute atomic E-state index is 6.77. The lowest BCUT2D eigenvalue weighted by molar-refractivity contribution is 0.577. The highest BCUT2D eigenvalue weighted by atomic mass is 16.4. The minimum atomic E-state index is -0.446. The first-order valence-electron chi connectivity index (χ1n) is 14.3. The second kappa shape index (κ2) is 7.91. The number of benzene rings is 5. The molecule has 0 atom stereocenters. The third-order valence-electron chi connectivity index (χ3n) is 10.3. The monoisotopic (exact) mass is 517 g/mol. The normalized spacial score (nSPS) is 18.0. The highest BCUT2D eigenvalue weighted by Gasteiger charge is 2.72. The summed E-state index contributed by atoms with van der Waals surface area (Å²) in [4.78, 5) is 2.42. The van der Waals surface area contributed by atoms with E-state index in [9.17, 15) is 0 Å². The van der Waals surface area contributed by atoms with Crippen LogP contribution in [-0.4, -0.2) is 6.92 Å². The number of rotatable bonds is 3. The molecule has 8 rings (SSSR count). The van der Waals surface area contributed by atoms with Crippen molar-refractivity contribution in [1.82, 2.24) is 0 Å². The molecule has 3 heteroatoms. The Morgan fingerprint density at radius 2 is 1.05 bits per heavy atom. The Bertz CT molecular complexity index is 1740. The minimum Gasteiger partial charge on any atom is -0.560 e. The van der Waals surface area contributed by atoms with Gasteiger partial charge in [0.15, 0.2) is 0 Å². The van der Waals surface area contributed by atoms with E-state index in [1.165, 1.54) is 50.4 Å². The van der Waals surface area contributed by atoms with Crippen molar-refractivity contribution in [3.05, 3.63) is 144 Å². The molecular formula is C37H32BNO. The lowest BCUT2D eigenvalue weighted by Crippen LogP contribution is -2.36. The summed E-state index contributed by atoms with van der Waals surface area (Å²) in [7, 11) is 0. The molecule has 3 aliphatic rings. The van der Waals surface area contributed by atoms with Crippen molar-refractivity contribution in [3.8, 4) is 16.9 Å². The molecule has 0 aromatic heterocycles. The number of hydrogen-bond donors (Lipinski definition) is 0. The van der Waals surface area contributed by atoms with E-state index in [2.05, 4.69) is 154 Å². The topological polar surface area (TPSA) is 12.5 Å². The zero-order valence-electron chi connectivity index (χ0n) is 23.5. The minimum absolute atomic E-state index is 0.146. The van der Waals surface area contributed by atoms with Crippen LogP contribution in [-0.2, 0) is 5.41 Å². The second-order valence-electron chi connectivity index (χ2n) is 12.6. The van der Waals surface area contributed by atoms with E-state index in [1.54, 1.807) is 0 Å². The fourth-order valence-electron chi connectivity index (χ4n) is 7.58. The molecule has 40 heavy (non-hydrogen) atoms. The van der Waals surface area contributed by atoms with Crippen molar-refractivity contribution >= 4 is 24.0 Å². The molecule has 0 N–H and O–H groups in total. The summed E-state index contributed by atoms with van der Waals surface area (Å²) in [5.41, 5.74) is 11.0. The first kappa shape index (κ1) is 23.6. The van der Waals surface area contributed by atoms with Crippen LogP contribution >= 0.6 is 0 Å². The fourth-order valence-corrected chi connectivity index (χ4v) is 7.58. The summed E-state index contributed by atoms with van der Waals surface area (Å²) in [5, 5.41) is 0.291. The van der Waals surface area contributed by atoms with Crippen LogP contribution in [0.25, 0.3) is 11.1 Å². The van der Waals surface area contributed by atoms with Crippen molar-refractivity contribution in [2.45, 2.75) is 43.7 Å². The van der Waals surface area contributed by atoms with Gasteiger partial charge in [-0.25, -0.2) is 0 Å². The molecule has 0 amide bonds. The number of hydrogen-bond acceptors (Lipinski definition) is 2. The third-order valence-corrected chi connectivity index (χ3v) is 10.3. The van der Waals surface area contributed by atoms with Crippen LogP contribution in [0.2, 0.25) is 10.6 Å². The molecule has 0 bridgehead atoms. The van der Waals surface area contributed by atoms with Gasteiger partial charge in [-0.3, -0.25) is 0 Å². The van der Waals surface area contributed by atoms with Gasteiger partial charge in [0.05, 0.1) is 22.5 Å². The van der Waals surface area contributed by atoms with E-state index in [1.807, 2.05) is 0 Å². The van der Waals surface area contributed by atoms with Gasteiger partial charge in [0.25, 0.3) is 0 Å². The molecule has 1 aliphatic carbocycles. The number of fused-ring (bicyclic) bond motifs is 9. The molecule has 0 unspecified atom stereocenters. The van der Waals surface area contributed by atoms with Crippen LogP contribution in [0.1, 0.15) is 49.9 Å². The van der Waals surface area contributed by atoms with Gasteiger partial charge in [-0.15, -0.1) is 0 Å². The smallest absolute Gasteiger partial charge is 0.369 e. The number of nitrogens with zero attached hydrogens (tertiary/aromatic N) is 1. The fraction of sp³-hybridized carbons (Fsp3) is 0.189. The second-order valence-corrected chi connectivity index (χ2v) is 12.6. The number of para-hydroxylation sites is 3. The molecular weight excluding hydrogens is 485 g/mol. The van der Waals surface area contributed by atoms with Crippen molar-refractivity contribution in [1.29, 1.82) is 0 Å². The summed E-state index contributed by atoms with van der Waals surface area (Å²) in [5.74, 6) is 0.954. The quantitative estimate of drug-likeness (QED) is 0.216. The third kappa shape index (κ3) is 2.85. The molecule has 194 valence electrons. The zero-order chi connectivity index (χ0) is 27.3. The molecule has 2 heterocycles. The lowest BCUT2D eigenvalue weighted by Gasteiger charge is -2.45. The Kier molecular flexibility index (Phi) is 4.68. The van der Waals surface area contributed by atoms with Crippen molar-refractivity contribution < 1.29 is 4.65 Å². The standard InChI is InChI=1S/C37H32BNO/c1-35(2)36(3,4)38(35)40-26-22-23-28-27-16-8-9-17-29(27)37(32(28)24-26)30-18-10-12-20-33(30)39(25-14-6-5-7-15-25)34-21-13-11-19-31(34)37/h5-24H,1-4H3. The Morgan fingerprint density at radius 1 is 0.525 bits per heavy atom. The molecule has 2 aliphatic heterocycles. The predicted octanol–water partition coefficient (Wildman–Crippen LogP) is 9.78. The van der Waals surface area contributed by atoms with Gasteiger partial charge in [-0.1, -0.05) is 113 Å². The van der Waals surface area contributed by atoms with Crippen LogP contribution in [0.3, 0.4) is 0 Å². The van der Waals surface area contributed by atoms with E-state index in [0.29, 0.717) is 0 Å². The lowest BCUT2D eigenvalue weighted by atomic mass is 9.64. The molecule has 0 radical (unpaired) electrons. The maximum atomic E-state index is 6.77. The Labute approximate surface area is 237 Å². The first-order valence-corrected chi connectivity index (χ1v) is 14.3. The van der Waals surface area contributed by atoms with Gasteiger partial charge in [-0.05, 0) is 80.4 Å². The van der Waals surface area contributed by atoms with Crippen molar-refractivity contribution in [2.24, 2.45) is 0 Å². The van der Waals surface area contributed by atoms with Gasteiger partial charge in [0.2, 0.25) is 0 Å². The summed E-state index contributed by atoms with van der Waals surface area (Å²) in [6.45, 7) is 9.45. The van der Waals surface area contributed by atoms with Gasteiger partial charge in [0, 0.05) is 5.69 Å². The van der Waals surface area contributed by atoms with E-state index >= 15 is 0 Å². The molecule has 0 saturated carbocycles. The van der Waals surface area contributed by atoms with Gasteiger partial charge >= 0.3 is 6.92 Å². The Balaban J connectivity index is 1.42. The summed E-state index contributed by atoms with van der Waals surface area (Å²) in [6, 6.07) is 44.4.